The third-order valence-electron chi connectivity index (χ3n) is 1.21. The van der Waals surface area contributed by atoms with Crippen molar-refractivity contribution in [2.45, 2.75) is 23.8 Å². The number of hydrogen-bond acceptors (Lipinski definition) is 2. The van der Waals surface area contributed by atoms with Crippen molar-refractivity contribution < 1.29 is 4.42 Å². The third-order valence-corrected chi connectivity index (χ3v) is 4.17. The molecule has 0 aromatic carbocycles. The van der Waals surface area contributed by atoms with Gasteiger partial charge in [-0.3, -0.25) is 0 Å². The Bertz CT molecular complexity index is 210. The van der Waals surface area contributed by atoms with Crippen molar-refractivity contribution in [3.05, 3.63) is 12.1 Å². The number of furan rings is 1. The van der Waals surface area contributed by atoms with Gasteiger partial charge in [-0.2, -0.15) is 0 Å². The fraction of sp³-hybridized carbons (Fsp3) is 0.500. The second-order valence-corrected chi connectivity index (χ2v) is 5.24. The molecule has 0 fully saturated rings. The minimum absolute atomic E-state index is 0.558. The summed E-state index contributed by atoms with van der Waals surface area (Å²) in [6, 6.07) is 4.15. The molecule has 62 valence electrons. The summed E-state index contributed by atoms with van der Waals surface area (Å²) in [5.74, 6) is 0. The Kier molecular flexibility index (Phi) is 4.13. The molecule has 0 atom stereocenters. The van der Waals surface area contributed by atoms with E-state index in [4.69, 9.17) is 4.42 Å². The van der Waals surface area contributed by atoms with Crippen LogP contribution in [0.5, 0.6) is 0 Å². The van der Waals surface area contributed by atoms with E-state index in [1.54, 1.807) is 11.8 Å². The molecule has 0 spiro atoms. The van der Waals surface area contributed by atoms with Crippen LogP contribution >= 0.6 is 11.8 Å². The summed E-state index contributed by atoms with van der Waals surface area (Å²) in [6.07, 6.45) is 3.30. The van der Waals surface area contributed by atoms with Crippen molar-refractivity contribution in [2.75, 3.05) is 6.26 Å². The predicted molar refractivity (Wildman–Crippen MR) is 51.0 cm³/mol. The van der Waals surface area contributed by atoms with Gasteiger partial charge in [0.2, 0.25) is 0 Å². The second kappa shape index (κ2) is 4.91. The number of rotatable bonds is 4. The zero-order valence-electron chi connectivity index (χ0n) is 6.79. The summed E-state index contributed by atoms with van der Waals surface area (Å²) in [5, 5.41) is 2.33. The third kappa shape index (κ3) is 2.94. The molecule has 0 saturated carbocycles. The Balaban J connectivity index is 2.44. The van der Waals surface area contributed by atoms with Gasteiger partial charge < -0.3 is 0 Å². The monoisotopic (exact) mass is 236 g/mol. The molecule has 0 aliphatic heterocycles. The first-order valence-corrected chi connectivity index (χ1v) is 6.92. The zero-order valence-corrected chi connectivity index (χ0v) is 9.32. The van der Waals surface area contributed by atoms with Gasteiger partial charge in [0.05, 0.1) is 0 Å². The van der Waals surface area contributed by atoms with Crippen LogP contribution < -0.4 is 4.66 Å². The van der Waals surface area contributed by atoms with Gasteiger partial charge in [-0.15, -0.1) is 0 Å². The van der Waals surface area contributed by atoms with Crippen LogP contribution in [0.1, 0.15) is 13.3 Å². The van der Waals surface area contributed by atoms with Crippen molar-refractivity contribution in [1.29, 1.82) is 0 Å². The van der Waals surface area contributed by atoms with E-state index in [-0.39, 0.29) is 0 Å². The molecule has 0 saturated heterocycles. The summed E-state index contributed by atoms with van der Waals surface area (Å²) in [6.45, 7) is 2.21. The quantitative estimate of drug-likeness (QED) is 0.586. The molecule has 1 aromatic rings. The van der Waals surface area contributed by atoms with Crippen LogP contribution in [0.25, 0.3) is 0 Å². The second-order valence-electron chi connectivity index (χ2n) is 2.13. The fourth-order valence-corrected chi connectivity index (χ4v) is 2.70. The average Bonchev–Trinajstić information content (AvgIpc) is 2.48. The van der Waals surface area contributed by atoms with Crippen LogP contribution in [0.15, 0.2) is 21.6 Å². The molecule has 0 radical (unpaired) electrons. The Morgan fingerprint density at radius 1 is 1.55 bits per heavy atom. The van der Waals surface area contributed by atoms with Gasteiger partial charge in [0.15, 0.2) is 0 Å². The Morgan fingerprint density at radius 2 is 2.36 bits per heavy atom. The van der Waals surface area contributed by atoms with E-state index in [2.05, 4.69) is 19.1 Å². The first kappa shape index (κ1) is 9.24. The Labute approximate surface area is 78.1 Å². The van der Waals surface area contributed by atoms with Crippen molar-refractivity contribution in [2.24, 2.45) is 0 Å². The molecule has 0 aliphatic rings. The SMILES string of the molecule is CCC[Se]c1ccc(SC)o1. The van der Waals surface area contributed by atoms with Gasteiger partial charge in [-0.25, -0.2) is 0 Å². The van der Waals surface area contributed by atoms with Crippen LogP contribution in [0.2, 0.25) is 5.32 Å². The Morgan fingerprint density at radius 3 is 2.91 bits per heavy atom. The Hall–Kier alpha value is 0.149. The maximum absolute atomic E-state index is 5.53. The molecular formula is C8H12OSSe. The van der Waals surface area contributed by atoms with Gasteiger partial charge >= 0.3 is 77.9 Å². The fourth-order valence-electron chi connectivity index (χ4n) is 0.693. The molecule has 1 rings (SSSR count). The van der Waals surface area contributed by atoms with Crippen molar-refractivity contribution in [1.82, 2.24) is 0 Å². The predicted octanol–water partition coefficient (Wildman–Crippen LogP) is 2.16. The van der Waals surface area contributed by atoms with E-state index in [0.29, 0.717) is 15.0 Å². The van der Waals surface area contributed by atoms with E-state index >= 15 is 0 Å². The van der Waals surface area contributed by atoms with Gasteiger partial charge in [0, 0.05) is 0 Å². The van der Waals surface area contributed by atoms with Crippen LogP contribution in [0, 0.1) is 0 Å². The molecule has 3 heteroatoms. The first-order valence-electron chi connectivity index (χ1n) is 3.63. The first-order chi connectivity index (χ1) is 5.36. The van der Waals surface area contributed by atoms with E-state index in [0.717, 1.165) is 5.09 Å². The standard InChI is InChI=1S/C8H12OSSe/c1-3-6-11-8-5-4-7(9-8)10-2/h4-5H,3,6H2,1-2H3. The normalized spacial score (nSPS) is 10.4. The number of hydrogen-bond donors (Lipinski definition) is 0. The van der Waals surface area contributed by atoms with Crippen molar-refractivity contribution >= 4 is 31.4 Å². The molecule has 0 amide bonds. The summed E-state index contributed by atoms with van der Waals surface area (Å²) < 4.78 is 6.71. The van der Waals surface area contributed by atoms with E-state index < -0.39 is 0 Å². The molecule has 0 N–H and O–H groups in total. The molecule has 1 heterocycles. The molecular weight excluding hydrogens is 223 g/mol. The topological polar surface area (TPSA) is 13.1 Å². The van der Waals surface area contributed by atoms with Gasteiger partial charge in [0.1, 0.15) is 0 Å². The summed E-state index contributed by atoms with van der Waals surface area (Å²) in [4.78, 5) is 0. The van der Waals surface area contributed by atoms with E-state index in [1.165, 1.54) is 16.4 Å². The average molecular weight is 235 g/mol. The van der Waals surface area contributed by atoms with E-state index in [1.807, 2.05) is 6.26 Å². The van der Waals surface area contributed by atoms with Gasteiger partial charge in [-0.1, -0.05) is 0 Å². The van der Waals surface area contributed by atoms with Crippen molar-refractivity contribution in [3.8, 4) is 0 Å². The van der Waals surface area contributed by atoms with Crippen LogP contribution in [-0.4, -0.2) is 21.2 Å². The van der Waals surface area contributed by atoms with Gasteiger partial charge in [-0.05, 0) is 0 Å². The van der Waals surface area contributed by atoms with Crippen LogP contribution in [-0.2, 0) is 0 Å². The minimum atomic E-state index is 0.558. The molecule has 0 unspecified atom stereocenters. The molecule has 0 bridgehead atoms. The van der Waals surface area contributed by atoms with E-state index in [9.17, 15) is 0 Å². The summed E-state index contributed by atoms with van der Waals surface area (Å²) in [5.41, 5.74) is 0. The van der Waals surface area contributed by atoms with Crippen LogP contribution in [0.3, 0.4) is 0 Å². The molecule has 0 aliphatic carbocycles. The summed E-state index contributed by atoms with van der Waals surface area (Å²) >= 11 is 2.22. The molecule has 1 aromatic heterocycles. The van der Waals surface area contributed by atoms with Crippen LogP contribution in [0.4, 0.5) is 0 Å². The molecule has 1 nitrogen and oxygen atoms in total. The molecule has 11 heavy (non-hydrogen) atoms. The maximum atomic E-state index is 5.53. The number of thioether (sulfide) groups is 1. The van der Waals surface area contributed by atoms with Crippen molar-refractivity contribution in [3.63, 3.8) is 0 Å². The zero-order chi connectivity index (χ0) is 8.10. The summed E-state index contributed by atoms with van der Waals surface area (Å²) in [7, 11) is 0. The van der Waals surface area contributed by atoms with Gasteiger partial charge in [0.25, 0.3) is 0 Å².